The highest BCUT2D eigenvalue weighted by Gasteiger charge is 2.10. The monoisotopic (exact) mass is 301 g/mol. The quantitative estimate of drug-likeness (QED) is 0.453. The molecule has 0 unspecified atom stereocenters. The molecule has 5 heteroatoms. The number of phenols is 1. The van der Waals surface area contributed by atoms with Gasteiger partial charge in [0.2, 0.25) is 0 Å². The second kappa shape index (κ2) is 6.10. The highest BCUT2D eigenvalue weighted by atomic mass is 32.1. The lowest BCUT2D eigenvalue weighted by Gasteiger charge is -2.21. The molecule has 2 aromatic rings. The average Bonchev–Trinajstić information content (AvgIpc) is 2.39. The molecule has 0 aliphatic heterocycles. The molecule has 0 heterocycles. The van der Waals surface area contributed by atoms with Crippen LogP contribution in [0.2, 0.25) is 0 Å². The Morgan fingerprint density at radius 2 is 1.90 bits per heavy atom. The SMILES string of the molecule is CC(C)(C)NC(=S)N/N=C/c1c(O)ccc2ccccc12. The van der Waals surface area contributed by atoms with Crippen molar-refractivity contribution in [3.05, 3.63) is 42.0 Å². The number of aromatic hydroxyl groups is 1. The van der Waals surface area contributed by atoms with Gasteiger partial charge in [-0.3, -0.25) is 5.43 Å². The summed E-state index contributed by atoms with van der Waals surface area (Å²) in [7, 11) is 0. The van der Waals surface area contributed by atoms with E-state index >= 15 is 0 Å². The summed E-state index contributed by atoms with van der Waals surface area (Å²) in [5.74, 6) is 0.189. The minimum atomic E-state index is -0.124. The number of fused-ring (bicyclic) bond motifs is 1. The molecule has 2 aromatic carbocycles. The molecule has 0 atom stereocenters. The number of hydrazone groups is 1. The number of thiocarbonyl (C=S) groups is 1. The molecule has 0 bridgehead atoms. The molecular formula is C16H19N3OS. The first-order valence-corrected chi connectivity index (χ1v) is 7.09. The fraction of sp³-hybridized carbons (Fsp3) is 0.250. The molecule has 110 valence electrons. The first kappa shape index (κ1) is 15.3. The number of benzene rings is 2. The number of nitrogens with zero attached hydrogens (tertiary/aromatic N) is 1. The largest absolute Gasteiger partial charge is 0.507 e. The minimum absolute atomic E-state index is 0.124. The van der Waals surface area contributed by atoms with Gasteiger partial charge in [0, 0.05) is 11.1 Å². The van der Waals surface area contributed by atoms with Crippen LogP contribution in [-0.2, 0) is 0 Å². The fourth-order valence-corrected chi connectivity index (χ4v) is 2.30. The van der Waals surface area contributed by atoms with Crippen molar-refractivity contribution in [1.82, 2.24) is 10.7 Å². The molecule has 0 saturated heterocycles. The molecule has 0 aromatic heterocycles. The smallest absolute Gasteiger partial charge is 0.187 e. The Balaban J connectivity index is 2.18. The second-order valence-corrected chi connectivity index (χ2v) is 6.20. The molecule has 0 aliphatic carbocycles. The predicted molar refractivity (Wildman–Crippen MR) is 91.8 cm³/mol. The molecule has 0 radical (unpaired) electrons. The third kappa shape index (κ3) is 4.16. The second-order valence-electron chi connectivity index (χ2n) is 5.79. The van der Waals surface area contributed by atoms with Gasteiger partial charge in [-0.15, -0.1) is 0 Å². The number of phenolic OH excluding ortho intramolecular Hbond substituents is 1. The van der Waals surface area contributed by atoms with Crippen LogP contribution >= 0.6 is 12.2 Å². The summed E-state index contributed by atoms with van der Waals surface area (Å²) in [5, 5.41) is 19.6. The van der Waals surface area contributed by atoms with Gasteiger partial charge in [-0.2, -0.15) is 5.10 Å². The summed E-state index contributed by atoms with van der Waals surface area (Å²) in [6.07, 6.45) is 1.58. The zero-order valence-corrected chi connectivity index (χ0v) is 13.2. The van der Waals surface area contributed by atoms with E-state index < -0.39 is 0 Å². The Labute approximate surface area is 129 Å². The van der Waals surface area contributed by atoms with Crippen molar-refractivity contribution in [1.29, 1.82) is 0 Å². The molecule has 0 aliphatic rings. The topological polar surface area (TPSA) is 56.7 Å². The highest BCUT2D eigenvalue weighted by molar-refractivity contribution is 7.80. The van der Waals surface area contributed by atoms with E-state index in [1.165, 1.54) is 0 Å². The van der Waals surface area contributed by atoms with Gasteiger partial charge in [-0.05, 0) is 49.8 Å². The lowest BCUT2D eigenvalue weighted by atomic mass is 10.0. The van der Waals surface area contributed by atoms with Crippen molar-refractivity contribution in [3.8, 4) is 5.75 Å². The Bertz CT molecular complexity index is 689. The van der Waals surface area contributed by atoms with Crippen LogP contribution in [0.25, 0.3) is 10.8 Å². The normalized spacial score (nSPS) is 11.8. The van der Waals surface area contributed by atoms with Crippen molar-refractivity contribution in [3.63, 3.8) is 0 Å². The maximum atomic E-state index is 9.99. The van der Waals surface area contributed by atoms with Gasteiger partial charge in [0.1, 0.15) is 5.75 Å². The van der Waals surface area contributed by atoms with Gasteiger partial charge in [-0.1, -0.05) is 30.3 Å². The van der Waals surface area contributed by atoms with Gasteiger partial charge in [0.15, 0.2) is 5.11 Å². The number of hydrogen-bond acceptors (Lipinski definition) is 3. The summed E-state index contributed by atoms with van der Waals surface area (Å²) in [6.45, 7) is 6.05. The molecule has 0 saturated carbocycles. The van der Waals surface area contributed by atoms with Gasteiger partial charge in [0.25, 0.3) is 0 Å². The van der Waals surface area contributed by atoms with Gasteiger partial charge in [-0.25, -0.2) is 0 Å². The van der Waals surface area contributed by atoms with E-state index in [1.54, 1.807) is 12.3 Å². The lowest BCUT2D eigenvalue weighted by Crippen LogP contribution is -2.44. The number of rotatable bonds is 2. The first-order chi connectivity index (χ1) is 9.87. The summed E-state index contributed by atoms with van der Waals surface area (Å²) < 4.78 is 0. The molecule has 0 spiro atoms. The van der Waals surface area contributed by atoms with Gasteiger partial charge < -0.3 is 10.4 Å². The van der Waals surface area contributed by atoms with Crippen LogP contribution in [0.15, 0.2) is 41.5 Å². The molecule has 21 heavy (non-hydrogen) atoms. The van der Waals surface area contributed by atoms with E-state index in [-0.39, 0.29) is 11.3 Å². The van der Waals surface area contributed by atoms with E-state index in [4.69, 9.17) is 12.2 Å². The maximum absolute atomic E-state index is 9.99. The molecule has 4 nitrogen and oxygen atoms in total. The van der Waals surface area contributed by atoms with Crippen LogP contribution in [-0.4, -0.2) is 22.0 Å². The summed E-state index contributed by atoms with van der Waals surface area (Å²) in [6, 6.07) is 11.4. The Kier molecular flexibility index (Phi) is 4.43. The van der Waals surface area contributed by atoms with Crippen molar-refractivity contribution >= 4 is 34.3 Å². The third-order valence-electron chi connectivity index (χ3n) is 2.80. The van der Waals surface area contributed by atoms with Gasteiger partial charge in [0.05, 0.1) is 6.21 Å². The van der Waals surface area contributed by atoms with Crippen molar-refractivity contribution in [2.24, 2.45) is 5.10 Å². The third-order valence-corrected chi connectivity index (χ3v) is 2.99. The summed E-state index contributed by atoms with van der Waals surface area (Å²) >= 11 is 5.15. The van der Waals surface area contributed by atoms with E-state index in [2.05, 4.69) is 15.8 Å². The van der Waals surface area contributed by atoms with E-state index in [1.807, 2.05) is 51.1 Å². The Morgan fingerprint density at radius 1 is 1.19 bits per heavy atom. The minimum Gasteiger partial charge on any atom is -0.507 e. The van der Waals surface area contributed by atoms with E-state index in [0.717, 1.165) is 10.8 Å². The van der Waals surface area contributed by atoms with Crippen molar-refractivity contribution in [2.45, 2.75) is 26.3 Å². The van der Waals surface area contributed by atoms with Crippen LogP contribution in [0.4, 0.5) is 0 Å². The average molecular weight is 301 g/mol. The number of nitrogens with one attached hydrogen (secondary N) is 2. The molecule has 3 N–H and O–H groups in total. The zero-order chi connectivity index (χ0) is 15.5. The van der Waals surface area contributed by atoms with Crippen molar-refractivity contribution in [2.75, 3.05) is 0 Å². The Hall–Kier alpha value is -2.14. The summed E-state index contributed by atoms with van der Waals surface area (Å²) in [5.41, 5.74) is 3.30. The summed E-state index contributed by atoms with van der Waals surface area (Å²) in [4.78, 5) is 0. The van der Waals surface area contributed by atoms with Gasteiger partial charge >= 0.3 is 0 Å². The van der Waals surface area contributed by atoms with Crippen LogP contribution in [0.3, 0.4) is 0 Å². The molecular weight excluding hydrogens is 282 g/mol. The standard InChI is InChI=1S/C16H19N3OS/c1-16(2,3)18-15(21)19-17-10-13-12-7-5-4-6-11(12)8-9-14(13)20/h4-10,20H,1-3H3,(H2,18,19,21)/b17-10+. The molecule has 2 rings (SSSR count). The van der Waals surface area contributed by atoms with Crippen molar-refractivity contribution < 1.29 is 5.11 Å². The Morgan fingerprint density at radius 3 is 2.62 bits per heavy atom. The predicted octanol–water partition coefficient (Wildman–Crippen LogP) is 3.14. The fourth-order valence-electron chi connectivity index (χ4n) is 1.94. The molecule has 0 amide bonds. The highest BCUT2D eigenvalue weighted by Crippen LogP contribution is 2.25. The van der Waals surface area contributed by atoms with Crippen LogP contribution in [0, 0.1) is 0 Å². The van der Waals surface area contributed by atoms with Crippen LogP contribution in [0.1, 0.15) is 26.3 Å². The zero-order valence-electron chi connectivity index (χ0n) is 12.3. The van der Waals surface area contributed by atoms with E-state index in [0.29, 0.717) is 10.7 Å². The number of hydrogen-bond donors (Lipinski definition) is 3. The lowest BCUT2D eigenvalue weighted by molar-refractivity contribution is 0.475. The van der Waals surface area contributed by atoms with Crippen LogP contribution in [0.5, 0.6) is 5.75 Å². The first-order valence-electron chi connectivity index (χ1n) is 6.69. The maximum Gasteiger partial charge on any atom is 0.187 e. The van der Waals surface area contributed by atoms with Crippen LogP contribution < -0.4 is 10.7 Å². The van der Waals surface area contributed by atoms with E-state index in [9.17, 15) is 5.11 Å². The molecule has 0 fully saturated rings.